The summed E-state index contributed by atoms with van der Waals surface area (Å²) in [6, 6.07) is 4.54. The van der Waals surface area contributed by atoms with Gasteiger partial charge < -0.3 is 14.7 Å². The first kappa shape index (κ1) is 13.8. The lowest BCUT2D eigenvalue weighted by molar-refractivity contribution is 0.0787. The SMILES string of the molecule is C=CCN(CC=C)C(=O)c1cc(OC)ccc1O. The van der Waals surface area contributed by atoms with Crippen LogP contribution in [0.2, 0.25) is 0 Å². The lowest BCUT2D eigenvalue weighted by Gasteiger charge is -2.20. The number of aromatic hydroxyl groups is 1. The lowest BCUT2D eigenvalue weighted by atomic mass is 10.1. The first-order valence-corrected chi connectivity index (χ1v) is 5.52. The summed E-state index contributed by atoms with van der Waals surface area (Å²) in [6.45, 7) is 7.98. The largest absolute Gasteiger partial charge is 0.507 e. The third-order valence-corrected chi connectivity index (χ3v) is 2.42. The molecule has 0 aromatic heterocycles. The van der Waals surface area contributed by atoms with Crippen LogP contribution in [0.25, 0.3) is 0 Å². The van der Waals surface area contributed by atoms with Gasteiger partial charge in [-0.3, -0.25) is 4.79 Å². The fourth-order valence-corrected chi connectivity index (χ4v) is 1.54. The Labute approximate surface area is 107 Å². The maximum absolute atomic E-state index is 12.2. The molecule has 1 aromatic rings. The van der Waals surface area contributed by atoms with E-state index < -0.39 is 0 Å². The van der Waals surface area contributed by atoms with Gasteiger partial charge in [-0.05, 0) is 18.2 Å². The second-order valence-electron chi connectivity index (χ2n) is 3.67. The minimum atomic E-state index is -0.286. The van der Waals surface area contributed by atoms with E-state index in [-0.39, 0.29) is 17.2 Å². The first-order valence-electron chi connectivity index (χ1n) is 5.52. The van der Waals surface area contributed by atoms with Crippen molar-refractivity contribution in [3.05, 3.63) is 49.1 Å². The quantitative estimate of drug-likeness (QED) is 0.784. The molecule has 0 unspecified atom stereocenters. The Morgan fingerprint density at radius 3 is 2.50 bits per heavy atom. The number of carbonyl (C=O) groups is 1. The van der Waals surface area contributed by atoms with E-state index in [0.717, 1.165) is 0 Å². The zero-order valence-electron chi connectivity index (χ0n) is 10.4. The third kappa shape index (κ3) is 3.13. The van der Waals surface area contributed by atoms with Crippen LogP contribution in [0.3, 0.4) is 0 Å². The van der Waals surface area contributed by atoms with Gasteiger partial charge in [0.1, 0.15) is 11.5 Å². The van der Waals surface area contributed by atoms with Crippen LogP contribution in [0.15, 0.2) is 43.5 Å². The Hall–Kier alpha value is -2.23. The second kappa shape index (κ2) is 6.49. The number of hydrogen-bond acceptors (Lipinski definition) is 3. The molecule has 1 N–H and O–H groups in total. The highest BCUT2D eigenvalue weighted by Gasteiger charge is 2.17. The van der Waals surface area contributed by atoms with Crippen molar-refractivity contribution < 1.29 is 14.6 Å². The molecule has 4 heteroatoms. The van der Waals surface area contributed by atoms with Gasteiger partial charge in [0.05, 0.1) is 12.7 Å². The lowest BCUT2D eigenvalue weighted by Crippen LogP contribution is -2.31. The molecule has 4 nitrogen and oxygen atoms in total. The summed E-state index contributed by atoms with van der Waals surface area (Å²) < 4.78 is 5.04. The van der Waals surface area contributed by atoms with E-state index in [1.165, 1.54) is 24.1 Å². The predicted octanol–water partition coefficient (Wildman–Crippen LogP) is 2.22. The summed E-state index contributed by atoms with van der Waals surface area (Å²) in [6.07, 6.45) is 3.25. The molecular formula is C14H17NO3. The van der Waals surface area contributed by atoms with Crippen molar-refractivity contribution in [1.29, 1.82) is 0 Å². The van der Waals surface area contributed by atoms with Crippen molar-refractivity contribution in [2.24, 2.45) is 0 Å². The van der Waals surface area contributed by atoms with Crippen molar-refractivity contribution in [3.8, 4) is 11.5 Å². The van der Waals surface area contributed by atoms with Gasteiger partial charge in [0.2, 0.25) is 0 Å². The van der Waals surface area contributed by atoms with Gasteiger partial charge in [-0.15, -0.1) is 13.2 Å². The van der Waals surface area contributed by atoms with E-state index in [1.807, 2.05) is 0 Å². The Balaban J connectivity index is 3.06. The molecule has 1 amide bonds. The highest BCUT2D eigenvalue weighted by molar-refractivity contribution is 5.97. The van der Waals surface area contributed by atoms with Crippen molar-refractivity contribution in [3.63, 3.8) is 0 Å². The van der Waals surface area contributed by atoms with E-state index in [9.17, 15) is 9.90 Å². The minimum Gasteiger partial charge on any atom is -0.507 e. The van der Waals surface area contributed by atoms with Gasteiger partial charge >= 0.3 is 0 Å². The zero-order valence-corrected chi connectivity index (χ0v) is 10.4. The normalized spacial score (nSPS) is 9.61. The number of methoxy groups -OCH3 is 1. The van der Waals surface area contributed by atoms with Crippen LogP contribution in [0.5, 0.6) is 11.5 Å². The van der Waals surface area contributed by atoms with Crippen molar-refractivity contribution >= 4 is 5.91 Å². The van der Waals surface area contributed by atoms with Crippen LogP contribution in [0.1, 0.15) is 10.4 Å². The molecule has 1 rings (SSSR count). The van der Waals surface area contributed by atoms with Crippen molar-refractivity contribution in [1.82, 2.24) is 4.90 Å². The molecule has 18 heavy (non-hydrogen) atoms. The summed E-state index contributed by atoms with van der Waals surface area (Å²) in [7, 11) is 1.51. The van der Waals surface area contributed by atoms with E-state index in [1.54, 1.807) is 18.2 Å². The Bertz CT molecular complexity index is 444. The topological polar surface area (TPSA) is 49.8 Å². The molecule has 0 aliphatic rings. The van der Waals surface area contributed by atoms with Gasteiger partial charge in [0.15, 0.2) is 0 Å². The van der Waals surface area contributed by atoms with Crippen LogP contribution in [0.4, 0.5) is 0 Å². The number of nitrogens with zero attached hydrogens (tertiary/aromatic N) is 1. The van der Waals surface area contributed by atoms with Crippen LogP contribution < -0.4 is 4.74 Å². The van der Waals surface area contributed by atoms with Gasteiger partial charge in [-0.2, -0.15) is 0 Å². The molecule has 0 heterocycles. The van der Waals surface area contributed by atoms with E-state index >= 15 is 0 Å². The number of ether oxygens (including phenoxy) is 1. The van der Waals surface area contributed by atoms with E-state index in [2.05, 4.69) is 13.2 Å². The predicted molar refractivity (Wildman–Crippen MR) is 71.0 cm³/mol. The molecule has 0 radical (unpaired) electrons. The Morgan fingerprint density at radius 1 is 1.39 bits per heavy atom. The number of amides is 1. The molecule has 96 valence electrons. The monoisotopic (exact) mass is 247 g/mol. The molecule has 0 aliphatic carbocycles. The average molecular weight is 247 g/mol. The summed E-state index contributed by atoms with van der Waals surface area (Å²) in [5.74, 6) is 0.165. The van der Waals surface area contributed by atoms with Gasteiger partial charge in [-0.25, -0.2) is 0 Å². The second-order valence-corrected chi connectivity index (χ2v) is 3.67. The molecular weight excluding hydrogens is 230 g/mol. The highest BCUT2D eigenvalue weighted by atomic mass is 16.5. The summed E-state index contributed by atoms with van der Waals surface area (Å²) in [5.41, 5.74) is 0.207. The van der Waals surface area contributed by atoms with Crippen LogP contribution in [0, 0.1) is 0 Å². The summed E-state index contributed by atoms with van der Waals surface area (Å²) >= 11 is 0. The first-order chi connectivity index (χ1) is 8.63. The smallest absolute Gasteiger partial charge is 0.258 e. The number of phenols is 1. The molecule has 0 saturated heterocycles. The number of hydrogen-bond donors (Lipinski definition) is 1. The van der Waals surface area contributed by atoms with E-state index in [0.29, 0.717) is 18.8 Å². The fraction of sp³-hybridized carbons (Fsp3) is 0.214. The maximum atomic E-state index is 12.2. The molecule has 0 spiro atoms. The van der Waals surface area contributed by atoms with Crippen molar-refractivity contribution in [2.45, 2.75) is 0 Å². The molecule has 0 aliphatic heterocycles. The third-order valence-electron chi connectivity index (χ3n) is 2.42. The summed E-state index contributed by atoms with van der Waals surface area (Å²) in [4.78, 5) is 13.8. The highest BCUT2D eigenvalue weighted by Crippen LogP contribution is 2.24. The number of benzene rings is 1. The zero-order chi connectivity index (χ0) is 13.5. The molecule has 1 aromatic carbocycles. The Kier molecular flexibility index (Phi) is 4.99. The maximum Gasteiger partial charge on any atom is 0.258 e. The average Bonchev–Trinajstić information content (AvgIpc) is 2.38. The number of rotatable bonds is 6. The van der Waals surface area contributed by atoms with Gasteiger partial charge in [0.25, 0.3) is 5.91 Å². The van der Waals surface area contributed by atoms with Gasteiger partial charge in [-0.1, -0.05) is 12.2 Å². The minimum absolute atomic E-state index is 0.0704. The standard InChI is InChI=1S/C14H17NO3/c1-4-8-15(9-5-2)14(17)12-10-11(18-3)6-7-13(12)16/h4-7,10,16H,1-2,8-9H2,3H3. The number of phenolic OH excluding ortho intramolecular Hbond substituents is 1. The molecule has 0 saturated carbocycles. The van der Waals surface area contributed by atoms with Gasteiger partial charge in [0, 0.05) is 13.1 Å². The molecule has 0 bridgehead atoms. The molecule has 0 atom stereocenters. The Morgan fingerprint density at radius 2 is 2.00 bits per heavy atom. The number of carbonyl (C=O) groups excluding carboxylic acids is 1. The summed E-state index contributed by atoms with van der Waals surface area (Å²) in [5, 5.41) is 9.73. The van der Waals surface area contributed by atoms with Crippen LogP contribution in [-0.4, -0.2) is 36.1 Å². The van der Waals surface area contributed by atoms with Crippen LogP contribution >= 0.6 is 0 Å². The van der Waals surface area contributed by atoms with Crippen LogP contribution in [-0.2, 0) is 0 Å². The molecule has 0 fully saturated rings. The van der Waals surface area contributed by atoms with Crippen molar-refractivity contribution in [2.75, 3.05) is 20.2 Å². The van der Waals surface area contributed by atoms with E-state index in [4.69, 9.17) is 4.74 Å². The fourth-order valence-electron chi connectivity index (χ4n) is 1.54.